The van der Waals surface area contributed by atoms with Gasteiger partial charge >= 0.3 is 5.97 Å². The van der Waals surface area contributed by atoms with E-state index in [9.17, 15) is 14.7 Å². The lowest BCUT2D eigenvalue weighted by atomic mass is 9.81. The van der Waals surface area contributed by atoms with Crippen molar-refractivity contribution >= 4 is 28.9 Å². The maximum Gasteiger partial charge on any atom is 0.348 e. The molecule has 8 heteroatoms. The van der Waals surface area contributed by atoms with Crippen LogP contribution in [0.15, 0.2) is 24.4 Å². The number of carbonyl (C=O) groups is 2. The summed E-state index contributed by atoms with van der Waals surface area (Å²) in [7, 11) is 0. The molecule has 7 nitrogen and oxygen atoms in total. The summed E-state index contributed by atoms with van der Waals surface area (Å²) < 4.78 is 6.44. The fourth-order valence-electron chi connectivity index (χ4n) is 6.62. The quantitative estimate of drug-likeness (QED) is 0.316. The summed E-state index contributed by atoms with van der Waals surface area (Å²) in [6.07, 6.45) is 11.3. The molecule has 0 atom stereocenters. The van der Waals surface area contributed by atoms with Crippen LogP contribution in [0.5, 0.6) is 5.75 Å². The highest BCUT2D eigenvalue weighted by Gasteiger charge is 2.38. The molecule has 1 amide bonds. The molecule has 0 bridgehead atoms. The first-order valence-corrected chi connectivity index (χ1v) is 16.9. The Bertz CT molecular complexity index is 1330. The number of anilines is 1. The van der Waals surface area contributed by atoms with Crippen molar-refractivity contribution in [1.82, 2.24) is 9.88 Å². The zero-order chi connectivity index (χ0) is 30.6. The van der Waals surface area contributed by atoms with Crippen molar-refractivity contribution in [2.75, 3.05) is 18.0 Å². The van der Waals surface area contributed by atoms with Crippen LogP contribution in [0.25, 0.3) is 0 Å². The maximum absolute atomic E-state index is 14.2. The molecule has 1 N–H and O–H groups in total. The molecule has 43 heavy (non-hydrogen) atoms. The molecule has 2 aliphatic carbocycles. The summed E-state index contributed by atoms with van der Waals surface area (Å²) in [4.78, 5) is 36.4. The summed E-state index contributed by atoms with van der Waals surface area (Å²) in [5.41, 5.74) is 1.35. The van der Waals surface area contributed by atoms with Crippen LogP contribution in [0, 0.1) is 29.1 Å². The number of likely N-dealkylation sites (tertiary alicyclic amines) is 1. The van der Waals surface area contributed by atoms with Crippen LogP contribution in [0.2, 0.25) is 0 Å². The Labute approximate surface area is 261 Å². The number of carboxylic acids is 1. The minimum absolute atomic E-state index is 0.0559. The number of amides is 1. The van der Waals surface area contributed by atoms with Crippen molar-refractivity contribution in [3.8, 4) is 17.6 Å². The third kappa shape index (κ3) is 8.39. The summed E-state index contributed by atoms with van der Waals surface area (Å²) in [6.45, 7) is 11.5. The lowest BCUT2D eigenvalue weighted by molar-refractivity contribution is -0.124. The largest absolute Gasteiger partial charge is 0.490 e. The van der Waals surface area contributed by atoms with Crippen molar-refractivity contribution < 1.29 is 19.4 Å². The van der Waals surface area contributed by atoms with Crippen LogP contribution in [0.1, 0.15) is 112 Å². The second-order valence-corrected chi connectivity index (χ2v) is 14.9. The van der Waals surface area contributed by atoms with E-state index >= 15 is 0 Å². The van der Waals surface area contributed by atoms with Crippen LogP contribution in [-0.4, -0.2) is 52.1 Å². The first kappa shape index (κ1) is 31.5. The molecule has 0 radical (unpaired) electrons. The molecule has 1 aliphatic heterocycles. The van der Waals surface area contributed by atoms with Crippen LogP contribution in [0.3, 0.4) is 0 Å². The molecule has 0 unspecified atom stereocenters. The number of carbonyl (C=O) groups excluding carboxylic acids is 1. The number of hydrogen-bond acceptors (Lipinski definition) is 6. The standard InChI is InChI=1S/C35H47N3O4S/c1-24-7-9-25(10-8-24)33(39)38(31-22-30(15-17-35(2,3)4)43-32(31)34(40)41)27-11-13-28(14-12-27)42-29-16-18-36-26(21-29)23-37-19-5-6-20-37/h16,18,21-22,24-25,27-28H,5-14,19-20,23H2,1-4H3,(H,40,41)/t24?,25?,27-,28-. The Morgan fingerprint density at radius 3 is 2.42 bits per heavy atom. The van der Waals surface area contributed by atoms with Gasteiger partial charge in [0.25, 0.3) is 0 Å². The molecular formula is C35H47N3O4S. The van der Waals surface area contributed by atoms with E-state index in [-0.39, 0.29) is 34.3 Å². The van der Waals surface area contributed by atoms with E-state index in [1.54, 1.807) is 0 Å². The second-order valence-electron chi connectivity index (χ2n) is 13.8. The normalized spacial score (nSPS) is 24.7. The zero-order valence-electron chi connectivity index (χ0n) is 26.2. The number of aromatic nitrogens is 1. The van der Waals surface area contributed by atoms with Crippen molar-refractivity contribution in [2.45, 2.75) is 111 Å². The van der Waals surface area contributed by atoms with Crippen LogP contribution >= 0.6 is 11.3 Å². The number of carboxylic acid groups (broad SMARTS) is 1. The highest BCUT2D eigenvalue weighted by atomic mass is 32.1. The molecule has 2 saturated carbocycles. The van der Waals surface area contributed by atoms with Gasteiger partial charge in [-0.1, -0.05) is 18.8 Å². The fraction of sp³-hybridized carbons (Fsp3) is 0.629. The van der Waals surface area contributed by atoms with E-state index < -0.39 is 5.97 Å². The first-order valence-electron chi connectivity index (χ1n) is 16.1. The summed E-state index contributed by atoms with van der Waals surface area (Å²) >= 11 is 1.18. The van der Waals surface area contributed by atoms with Gasteiger partial charge in [-0.05, 0) is 116 Å². The monoisotopic (exact) mass is 605 g/mol. The minimum Gasteiger partial charge on any atom is -0.490 e. The molecule has 2 aromatic rings. The predicted octanol–water partition coefficient (Wildman–Crippen LogP) is 7.38. The lowest BCUT2D eigenvalue weighted by Gasteiger charge is -2.39. The average molecular weight is 606 g/mol. The first-order chi connectivity index (χ1) is 20.6. The lowest BCUT2D eigenvalue weighted by Crippen LogP contribution is -2.47. The van der Waals surface area contributed by atoms with E-state index in [0.29, 0.717) is 16.5 Å². The Kier molecular flexibility index (Phi) is 10.1. The van der Waals surface area contributed by atoms with Gasteiger partial charge in [-0.15, -0.1) is 11.3 Å². The average Bonchev–Trinajstić information content (AvgIpc) is 3.64. The highest BCUT2D eigenvalue weighted by molar-refractivity contribution is 7.15. The van der Waals surface area contributed by atoms with Gasteiger partial charge in [-0.3, -0.25) is 14.7 Å². The van der Waals surface area contributed by atoms with Gasteiger partial charge in [-0.2, -0.15) is 0 Å². The smallest absolute Gasteiger partial charge is 0.348 e. The number of nitrogens with zero attached hydrogens (tertiary/aromatic N) is 3. The van der Waals surface area contributed by atoms with E-state index in [0.717, 1.165) is 82.4 Å². The fourth-order valence-corrected chi connectivity index (χ4v) is 7.46. The third-order valence-electron chi connectivity index (χ3n) is 9.01. The minimum atomic E-state index is -1.00. The number of ether oxygens (including phenoxy) is 1. The predicted molar refractivity (Wildman–Crippen MR) is 172 cm³/mol. The summed E-state index contributed by atoms with van der Waals surface area (Å²) in [5.74, 6) is 6.90. The van der Waals surface area contributed by atoms with Gasteiger partial charge in [0, 0.05) is 36.2 Å². The molecule has 3 aliphatic rings. The van der Waals surface area contributed by atoms with Crippen LogP contribution < -0.4 is 9.64 Å². The van der Waals surface area contributed by atoms with Gasteiger partial charge in [0.05, 0.1) is 22.4 Å². The van der Waals surface area contributed by atoms with Gasteiger partial charge in [-0.25, -0.2) is 4.79 Å². The third-order valence-corrected chi connectivity index (χ3v) is 10.0. The molecule has 3 fully saturated rings. The number of pyridine rings is 1. The summed E-state index contributed by atoms with van der Waals surface area (Å²) in [6, 6.07) is 5.78. The molecule has 0 spiro atoms. The Balaban J connectivity index is 1.33. The topological polar surface area (TPSA) is 83.0 Å². The highest BCUT2D eigenvalue weighted by Crippen LogP contribution is 2.39. The van der Waals surface area contributed by atoms with E-state index in [4.69, 9.17) is 4.74 Å². The zero-order valence-corrected chi connectivity index (χ0v) is 27.0. The molecule has 5 rings (SSSR count). The van der Waals surface area contributed by atoms with E-state index in [1.807, 2.05) is 44.0 Å². The molecule has 0 aromatic carbocycles. The number of hydrogen-bond donors (Lipinski definition) is 1. The van der Waals surface area contributed by atoms with Crippen molar-refractivity contribution in [3.05, 3.63) is 39.8 Å². The molecular weight excluding hydrogens is 558 g/mol. The molecule has 1 saturated heterocycles. The number of aromatic carboxylic acids is 1. The SMILES string of the molecule is CC1CCC(C(=O)N(c2cc(C#CC(C)(C)C)sc2C(=O)O)[C@H]2CC[C@H](Oc3ccnc(CN4CCCC4)c3)CC2)CC1. The van der Waals surface area contributed by atoms with Crippen molar-refractivity contribution in [3.63, 3.8) is 0 Å². The van der Waals surface area contributed by atoms with Gasteiger partial charge < -0.3 is 14.7 Å². The molecule has 3 heterocycles. The number of thiophene rings is 1. The van der Waals surface area contributed by atoms with E-state index in [1.165, 1.54) is 24.2 Å². The Morgan fingerprint density at radius 1 is 1.07 bits per heavy atom. The maximum atomic E-state index is 14.2. The van der Waals surface area contributed by atoms with Gasteiger partial charge in [0.1, 0.15) is 10.6 Å². The van der Waals surface area contributed by atoms with Crippen molar-refractivity contribution in [1.29, 1.82) is 0 Å². The van der Waals surface area contributed by atoms with Crippen LogP contribution in [-0.2, 0) is 11.3 Å². The second kappa shape index (κ2) is 13.8. The Hall–Kier alpha value is -2.89. The molecule has 232 valence electrons. The van der Waals surface area contributed by atoms with Gasteiger partial charge in [0.15, 0.2) is 0 Å². The van der Waals surface area contributed by atoms with E-state index in [2.05, 4.69) is 34.7 Å². The van der Waals surface area contributed by atoms with Crippen molar-refractivity contribution in [2.24, 2.45) is 17.3 Å². The molecule has 2 aromatic heterocycles. The number of rotatable bonds is 8. The van der Waals surface area contributed by atoms with Gasteiger partial charge in [0.2, 0.25) is 5.91 Å². The van der Waals surface area contributed by atoms with Crippen LogP contribution in [0.4, 0.5) is 5.69 Å². The Morgan fingerprint density at radius 2 is 1.77 bits per heavy atom. The summed E-state index contributed by atoms with van der Waals surface area (Å²) in [5, 5.41) is 10.2.